The average Bonchev–Trinajstić information content (AvgIpc) is 3.33. The van der Waals surface area contributed by atoms with E-state index >= 15 is 0 Å². The number of hydrogen-bond donors (Lipinski definition) is 1. The largest absolute Gasteiger partial charge is 0.410 e. The van der Waals surface area contributed by atoms with E-state index in [0.29, 0.717) is 16.9 Å². The quantitative estimate of drug-likeness (QED) is 0.555. The topological polar surface area (TPSA) is 80.7 Å². The molecule has 8 heteroatoms. The number of H-pyrrole nitrogens is 1. The first-order valence-electron chi connectivity index (χ1n) is 6.48. The molecule has 0 radical (unpaired) electrons. The van der Waals surface area contributed by atoms with Crippen molar-refractivity contribution in [1.82, 2.24) is 20.3 Å². The fourth-order valence-electron chi connectivity index (χ4n) is 1.89. The van der Waals surface area contributed by atoms with E-state index in [2.05, 4.69) is 20.3 Å². The highest BCUT2D eigenvalue weighted by Gasteiger charge is 2.12. The molecule has 0 aliphatic rings. The lowest BCUT2D eigenvalue weighted by molar-refractivity contribution is 0.427. The highest BCUT2D eigenvalue weighted by molar-refractivity contribution is 7.98. The smallest absolute Gasteiger partial charge is 0.277 e. The van der Waals surface area contributed by atoms with E-state index in [1.54, 1.807) is 11.3 Å². The molecule has 0 amide bonds. The number of hydrogen-bond acceptors (Lipinski definition) is 7. The van der Waals surface area contributed by atoms with E-state index in [4.69, 9.17) is 8.94 Å². The molecule has 22 heavy (non-hydrogen) atoms. The molecule has 4 rings (SSSR count). The molecule has 1 N–H and O–H groups in total. The van der Waals surface area contributed by atoms with Crippen LogP contribution < -0.4 is 0 Å². The summed E-state index contributed by atoms with van der Waals surface area (Å²) in [7, 11) is 0. The Morgan fingerprint density at radius 1 is 1.23 bits per heavy atom. The Kier molecular flexibility index (Phi) is 3.53. The minimum absolute atomic E-state index is 0.479. The van der Waals surface area contributed by atoms with Gasteiger partial charge in [-0.05, 0) is 23.6 Å². The number of thioether (sulfide) groups is 1. The molecular weight excluding hydrogens is 320 g/mol. The summed E-state index contributed by atoms with van der Waals surface area (Å²) in [5, 5.41) is 14.6. The Bertz CT molecular complexity index is 777. The molecular formula is C14H10N4O2S2. The predicted octanol–water partition coefficient (Wildman–Crippen LogP) is 4.07. The van der Waals surface area contributed by atoms with Crippen LogP contribution >= 0.6 is 23.1 Å². The summed E-state index contributed by atoms with van der Waals surface area (Å²) in [6.07, 6.45) is 1.81. The van der Waals surface area contributed by atoms with Gasteiger partial charge in [0.25, 0.3) is 11.1 Å². The van der Waals surface area contributed by atoms with Gasteiger partial charge in [0.2, 0.25) is 0 Å². The van der Waals surface area contributed by atoms with E-state index < -0.39 is 0 Å². The molecule has 6 nitrogen and oxygen atoms in total. The maximum atomic E-state index is 5.58. The Hall–Kier alpha value is -2.32. The lowest BCUT2D eigenvalue weighted by atomic mass is 10.3. The first-order chi connectivity index (χ1) is 10.9. The molecule has 4 heterocycles. The Morgan fingerprint density at radius 3 is 3.05 bits per heavy atom. The van der Waals surface area contributed by atoms with Gasteiger partial charge in [0.05, 0.1) is 10.6 Å². The standard InChI is InChI=1S/C14H10N4O2S2/c1-3-10(15-5-1)13-16-17-14(19-13)22-8-9-7-11(20-18-9)12-4-2-6-21-12/h1-7,15H,8H2. The van der Waals surface area contributed by atoms with E-state index in [1.165, 1.54) is 11.8 Å². The number of aromatic amines is 1. The summed E-state index contributed by atoms with van der Waals surface area (Å²) in [6, 6.07) is 9.68. The third kappa shape index (κ3) is 2.70. The van der Waals surface area contributed by atoms with Gasteiger partial charge in [-0.15, -0.1) is 21.5 Å². The molecule has 4 aromatic rings. The van der Waals surface area contributed by atoms with E-state index in [0.717, 1.165) is 22.0 Å². The SMILES string of the molecule is c1c[nH]c(-c2nnc(SCc3cc(-c4cccs4)on3)o2)c1. The molecule has 0 fully saturated rings. The zero-order chi connectivity index (χ0) is 14.8. The monoisotopic (exact) mass is 330 g/mol. The summed E-state index contributed by atoms with van der Waals surface area (Å²) in [5.74, 6) is 1.87. The molecule has 0 unspecified atom stereocenters. The van der Waals surface area contributed by atoms with Crippen LogP contribution in [0.2, 0.25) is 0 Å². The molecule has 0 spiro atoms. The predicted molar refractivity (Wildman–Crippen MR) is 83.5 cm³/mol. The van der Waals surface area contributed by atoms with Crippen LogP contribution in [0.3, 0.4) is 0 Å². The summed E-state index contributed by atoms with van der Waals surface area (Å²) in [5.41, 5.74) is 1.65. The van der Waals surface area contributed by atoms with E-state index in [1.807, 2.05) is 41.9 Å². The lowest BCUT2D eigenvalue weighted by Crippen LogP contribution is -1.79. The van der Waals surface area contributed by atoms with Crippen molar-refractivity contribution in [2.45, 2.75) is 11.0 Å². The third-order valence-corrected chi connectivity index (χ3v) is 4.64. The van der Waals surface area contributed by atoms with Gasteiger partial charge in [-0.1, -0.05) is 23.0 Å². The van der Waals surface area contributed by atoms with Crippen molar-refractivity contribution in [2.75, 3.05) is 0 Å². The Morgan fingerprint density at radius 2 is 2.23 bits per heavy atom. The summed E-state index contributed by atoms with van der Waals surface area (Å²) in [4.78, 5) is 4.09. The van der Waals surface area contributed by atoms with Gasteiger partial charge in [0, 0.05) is 18.0 Å². The summed E-state index contributed by atoms with van der Waals surface area (Å²) in [6.45, 7) is 0. The number of rotatable bonds is 5. The van der Waals surface area contributed by atoms with Gasteiger partial charge < -0.3 is 13.9 Å². The molecule has 0 aromatic carbocycles. The van der Waals surface area contributed by atoms with Crippen molar-refractivity contribution in [3.63, 3.8) is 0 Å². The van der Waals surface area contributed by atoms with Crippen molar-refractivity contribution >= 4 is 23.1 Å². The number of nitrogens with zero attached hydrogens (tertiary/aromatic N) is 3. The number of nitrogens with one attached hydrogen (secondary N) is 1. The Labute approximate surface area is 133 Å². The normalized spacial score (nSPS) is 11.1. The van der Waals surface area contributed by atoms with Gasteiger partial charge in [-0.25, -0.2) is 0 Å². The first kappa shape index (κ1) is 13.4. The van der Waals surface area contributed by atoms with Crippen LogP contribution in [0.1, 0.15) is 5.69 Å². The van der Waals surface area contributed by atoms with Crippen LogP contribution in [0.15, 0.2) is 56.1 Å². The maximum absolute atomic E-state index is 5.58. The molecule has 0 aliphatic heterocycles. The van der Waals surface area contributed by atoms with Crippen LogP contribution in [0.5, 0.6) is 0 Å². The molecule has 0 saturated carbocycles. The zero-order valence-electron chi connectivity index (χ0n) is 11.2. The highest BCUT2D eigenvalue weighted by Crippen LogP contribution is 2.28. The van der Waals surface area contributed by atoms with E-state index in [-0.39, 0.29) is 0 Å². The average molecular weight is 330 g/mol. The van der Waals surface area contributed by atoms with Crippen LogP contribution in [0.25, 0.3) is 22.2 Å². The second-order valence-corrected chi connectivity index (χ2v) is 6.28. The fourth-order valence-corrected chi connectivity index (χ4v) is 3.21. The second kappa shape index (κ2) is 5.82. The first-order valence-corrected chi connectivity index (χ1v) is 8.34. The molecule has 4 aromatic heterocycles. The fraction of sp³-hybridized carbons (Fsp3) is 0.0714. The van der Waals surface area contributed by atoms with Crippen molar-refractivity contribution in [1.29, 1.82) is 0 Å². The third-order valence-electron chi connectivity index (χ3n) is 2.90. The lowest BCUT2D eigenvalue weighted by Gasteiger charge is -1.90. The van der Waals surface area contributed by atoms with Gasteiger partial charge in [0.15, 0.2) is 5.76 Å². The van der Waals surface area contributed by atoms with Gasteiger partial charge >= 0.3 is 0 Å². The number of aromatic nitrogens is 4. The molecule has 0 atom stereocenters. The molecule has 0 bridgehead atoms. The molecule has 0 aliphatic carbocycles. The summed E-state index contributed by atoms with van der Waals surface area (Å²) < 4.78 is 10.9. The van der Waals surface area contributed by atoms with Gasteiger partial charge in [-0.2, -0.15) is 0 Å². The van der Waals surface area contributed by atoms with Gasteiger partial charge in [-0.3, -0.25) is 0 Å². The Balaban J connectivity index is 1.43. The zero-order valence-corrected chi connectivity index (χ0v) is 12.9. The molecule has 0 saturated heterocycles. The van der Waals surface area contributed by atoms with Crippen LogP contribution in [-0.2, 0) is 5.75 Å². The maximum Gasteiger partial charge on any atom is 0.277 e. The van der Waals surface area contributed by atoms with Crippen LogP contribution in [0.4, 0.5) is 0 Å². The van der Waals surface area contributed by atoms with Crippen molar-refractivity contribution in [3.8, 4) is 22.2 Å². The second-order valence-electron chi connectivity index (χ2n) is 4.41. The molecule has 110 valence electrons. The van der Waals surface area contributed by atoms with Crippen LogP contribution in [0, 0.1) is 0 Å². The van der Waals surface area contributed by atoms with Crippen molar-refractivity contribution in [3.05, 3.63) is 47.6 Å². The van der Waals surface area contributed by atoms with E-state index in [9.17, 15) is 0 Å². The highest BCUT2D eigenvalue weighted by atomic mass is 32.2. The van der Waals surface area contributed by atoms with Crippen molar-refractivity contribution < 1.29 is 8.94 Å². The minimum atomic E-state index is 0.479. The van der Waals surface area contributed by atoms with Crippen molar-refractivity contribution in [2.24, 2.45) is 0 Å². The van der Waals surface area contributed by atoms with Gasteiger partial charge in [0.1, 0.15) is 5.69 Å². The summed E-state index contributed by atoms with van der Waals surface area (Å²) >= 11 is 3.05. The number of thiophene rings is 1. The van der Waals surface area contributed by atoms with Crippen LogP contribution in [-0.4, -0.2) is 20.3 Å². The minimum Gasteiger partial charge on any atom is -0.410 e.